The third kappa shape index (κ3) is 6.80. The number of methoxy groups -OCH3 is 2. The lowest BCUT2D eigenvalue weighted by Crippen LogP contribution is -2.30. The molecule has 9 heteroatoms. The van der Waals surface area contributed by atoms with E-state index in [-0.39, 0.29) is 31.8 Å². The molecule has 0 bridgehead atoms. The van der Waals surface area contributed by atoms with E-state index in [0.717, 1.165) is 16.9 Å². The fourth-order valence-electron chi connectivity index (χ4n) is 3.20. The van der Waals surface area contributed by atoms with Gasteiger partial charge in [0.15, 0.2) is 0 Å². The molecule has 9 nitrogen and oxygen atoms in total. The Balaban J connectivity index is 1.62. The van der Waals surface area contributed by atoms with Crippen molar-refractivity contribution in [2.75, 3.05) is 20.8 Å². The first-order valence-corrected chi connectivity index (χ1v) is 10.6. The Labute approximate surface area is 192 Å². The Kier molecular flexibility index (Phi) is 8.40. The fourth-order valence-corrected chi connectivity index (χ4v) is 3.20. The molecule has 0 radical (unpaired) electrons. The minimum Gasteiger partial charge on any atom is -0.497 e. The summed E-state index contributed by atoms with van der Waals surface area (Å²) < 4.78 is 20.7. The highest BCUT2D eigenvalue weighted by atomic mass is 16.5. The van der Waals surface area contributed by atoms with Gasteiger partial charge in [-0.1, -0.05) is 17.3 Å². The normalized spacial score (nSPS) is 11.5. The van der Waals surface area contributed by atoms with Crippen molar-refractivity contribution in [2.45, 2.75) is 32.2 Å². The Morgan fingerprint density at radius 2 is 1.82 bits per heavy atom. The van der Waals surface area contributed by atoms with Gasteiger partial charge in [-0.3, -0.25) is 9.59 Å². The monoisotopic (exact) mass is 453 g/mol. The van der Waals surface area contributed by atoms with Gasteiger partial charge in [-0.2, -0.15) is 4.98 Å². The van der Waals surface area contributed by atoms with E-state index in [4.69, 9.17) is 18.7 Å². The number of aromatic nitrogens is 2. The van der Waals surface area contributed by atoms with E-state index in [0.29, 0.717) is 17.5 Å². The minimum atomic E-state index is -0.552. The molecule has 0 saturated carbocycles. The fraction of sp³-hybridized carbons (Fsp3) is 0.333. The van der Waals surface area contributed by atoms with Crippen LogP contribution in [0.15, 0.2) is 53.1 Å². The van der Waals surface area contributed by atoms with Crippen molar-refractivity contribution >= 4 is 11.9 Å². The highest BCUT2D eigenvalue weighted by molar-refractivity contribution is 5.78. The summed E-state index contributed by atoms with van der Waals surface area (Å²) in [4.78, 5) is 29.1. The molecule has 0 spiro atoms. The lowest BCUT2D eigenvalue weighted by atomic mass is 10.0. The van der Waals surface area contributed by atoms with Crippen LogP contribution < -0.4 is 14.8 Å². The molecule has 0 fully saturated rings. The molecule has 1 unspecified atom stereocenters. The molecule has 1 aromatic heterocycles. The first kappa shape index (κ1) is 23.8. The topological polar surface area (TPSA) is 113 Å². The Bertz CT molecular complexity index is 1060. The molecule has 0 aliphatic heterocycles. The summed E-state index contributed by atoms with van der Waals surface area (Å²) in [5.74, 6) is 1.49. The molecule has 3 rings (SSSR count). The second kappa shape index (κ2) is 11.7. The Hall–Kier alpha value is -3.88. The molecule has 1 heterocycles. The molecule has 2 aromatic carbocycles. The Morgan fingerprint density at radius 1 is 1.06 bits per heavy atom. The predicted octanol–water partition coefficient (Wildman–Crippen LogP) is 3.50. The average molecular weight is 453 g/mol. The van der Waals surface area contributed by atoms with Crippen LogP contribution in [0.1, 0.15) is 37.3 Å². The van der Waals surface area contributed by atoms with Gasteiger partial charge in [0.25, 0.3) is 0 Å². The van der Waals surface area contributed by atoms with Crippen LogP contribution >= 0.6 is 0 Å². The number of nitrogens with zero attached hydrogens (tertiary/aromatic N) is 2. The summed E-state index contributed by atoms with van der Waals surface area (Å²) >= 11 is 0. The summed E-state index contributed by atoms with van der Waals surface area (Å²) in [7, 11) is 3.15. The van der Waals surface area contributed by atoms with Crippen molar-refractivity contribution in [3.8, 4) is 22.9 Å². The average Bonchev–Trinajstić information content (AvgIpc) is 3.32. The van der Waals surface area contributed by atoms with E-state index in [2.05, 4.69) is 15.5 Å². The van der Waals surface area contributed by atoms with Crippen LogP contribution in [0.2, 0.25) is 0 Å². The molecule has 1 amide bonds. The smallest absolute Gasteiger partial charge is 0.308 e. The Morgan fingerprint density at radius 3 is 2.52 bits per heavy atom. The van der Waals surface area contributed by atoms with Crippen molar-refractivity contribution in [1.82, 2.24) is 15.5 Å². The molecule has 174 valence electrons. The van der Waals surface area contributed by atoms with Gasteiger partial charge in [0.05, 0.1) is 33.3 Å². The molecular weight excluding hydrogens is 426 g/mol. The molecular formula is C24H27N3O6. The largest absolute Gasteiger partial charge is 0.497 e. The number of nitrogens with one attached hydrogen (secondary N) is 1. The summed E-state index contributed by atoms with van der Waals surface area (Å²) in [5.41, 5.74) is 1.53. The van der Waals surface area contributed by atoms with Gasteiger partial charge >= 0.3 is 5.97 Å². The lowest BCUT2D eigenvalue weighted by molar-refractivity contribution is -0.143. The van der Waals surface area contributed by atoms with Crippen molar-refractivity contribution < 1.29 is 28.3 Å². The van der Waals surface area contributed by atoms with Gasteiger partial charge in [0, 0.05) is 18.4 Å². The lowest BCUT2D eigenvalue weighted by Gasteiger charge is -2.19. The zero-order valence-corrected chi connectivity index (χ0v) is 18.9. The molecule has 1 atom stereocenters. The van der Waals surface area contributed by atoms with E-state index >= 15 is 0 Å². The standard InChI is InChI=1S/C24H27N3O6/c1-4-32-23(29)15-20(17-6-5-7-19(14-17)31-3)25-21(28)12-13-22-26-24(27-33-22)16-8-10-18(30-2)11-9-16/h5-11,14,20H,4,12-13,15H2,1-3H3,(H,25,28). The summed E-state index contributed by atoms with van der Waals surface area (Å²) in [5, 5.41) is 6.87. The number of carbonyl (C=O) groups excluding carboxylic acids is 2. The van der Waals surface area contributed by atoms with Gasteiger partial charge in [-0.15, -0.1) is 0 Å². The number of esters is 1. The van der Waals surface area contributed by atoms with Gasteiger partial charge in [0.1, 0.15) is 11.5 Å². The zero-order valence-electron chi connectivity index (χ0n) is 18.9. The van der Waals surface area contributed by atoms with E-state index in [9.17, 15) is 9.59 Å². The van der Waals surface area contributed by atoms with E-state index in [1.807, 2.05) is 18.2 Å². The second-order valence-electron chi connectivity index (χ2n) is 7.15. The van der Waals surface area contributed by atoms with Crippen LogP contribution in [0.5, 0.6) is 11.5 Å². The minimum absolute atomic E-state index is 0.00885. The van der Waals surface area contributed by atoms with Gasteiger partial charge < -0.3 is 24.1 Å². The maximum Gasteiger partial charge on any atom is 0.308 e. The molecule has 0 aliphatic rings. The van der Waals surface area contributed by atoms with E-state index in [1.54, 1.807) is 51.5 Å². The highest BCUT2D eigenvalue weighted by Crippen LogP contribution is 2.23. The van der Waals surface area contributed by atoms with Crippen LogP contribution in [-0.4, -0.2) is 42.8 Å². The predicted molar refractivity (Wildman–Crippen MR) is 120 cm³/mol. The van der Waals surface area contributed by atoms with Gasteiger partial charge in [-0.25, -0.2) is 0 Å². The number of ether oxygens (including phenoxy) is 3. The molecule has 0 aliphatic carbocycles. The van der Waals surface area contributed by atoms with Crippen LogP contribution in [0.4, 0.5) is 0 Å². The summed E-state index contributed by atoms with van der Waals surface area (Å²) in [6.07, 6.45) is 0.391. The molecule has 3 aromatic rings. The highest BCUT2D eigenvalue weighted by Gasteiger charge is 2.20. The van der Waals surface area contributed by atoms with E-state index < -0.39 is 12.0 Å². The first-order valence-electron chi connectivity index (χ1n) is 10.6. The zero-order chi connectivity index (χ0) is 23.6. The quantitative estimate of drug-likeness (QED) is 0.439. The summed E-state index contributed by atoms with van der Waals surface area (Å²) in [6.45, 7) is 2.01. The number of carbonyl (C=O) groups is 2. The van der Waals surface area contributed by atoms with Gasteiger partial charge in [-0.05, 0) is 48.9 Å². The first-order chi connectivity index (χ1) is 16.0. The maximum absolute atomic E-state index is 12.6. The number of hydrogen-bond acceptors (Lipinski definition) is 8. The van der Waals surface area contributed by atoms with Gasteiger partial charge in [0.2, 0.25) is 17.6 Å². The SMILES string of the molecule is CCOC(=O)CC(NC(=O)CCc1nc(-c2ccc(OC)cc2)no1)c1cccc(OC)c1. The molecule has 0 saturated heterocycles. The number of benzene rings is 2. The molecule has 33 heavy (non-hydrogen) atoms. The maximum atomic E-state index is 12.6. The number of hydrogen-bond donors (Lipinski definition) is 1. The van der Waals surface area contributed by atoms with Crippen molar-refractivity contribution in [1.29, 1.82) is 0 Å². The summed E-state index contributed by atoms with van der Waals surface area (Å²) in [6, 6.07) is 13.9. The van der Waals surface area contributed by atoms with Crippen LogP contribution in [0.25, 0.3) is 11.4 Å². The number of aryl methyl sites for hydroxylation is 1. The third-order valence-corrected chi connectivity index (χ3v) is 4.89. The third-order valence-electron chi connectivity index (χ3n) is 4.89. The van der Waals surface area contributed by atoms with E-state index in [1.165, 1.54) is 0 Å². The van der Waals surface area contributed by atoms with Crippen molar-refractivity contribution in [3.63, 3.8) is 0 Å². The van der Waals surface area contributed by atoms with Crippen LogP contribution in [-0.2, 0) is 20.7 Å². The second-order valence-corrected chi connectivity index (χ2v) is 7.15. The van der Waals surface area contributed by atoms with Crippen LogP contribution in [0.3, 0.4) is 0 Å². The number of rotatable bonds is 11. The van der Waals surface area contributed by atoms with Crippen LogP contribution in [0, 0.1) is 0 Å². The van der Waals surface area contributed by atoms with Crippen molar-refractivity contribution in [2.24, 2.45) is 0 Å². The molecule has 1 N–H and O–H groups in total. The number of amides is 1. The van der Waals surface area contributed by atoms with Crippen molar-refractivity contribution in [3.05, 3.63) is 60.0 Å².